The van der Waals surface area contributed by atoms with Crippen molar-refractivity contribution in [2.24, 2.45) is 0 Å². The Hall–Kier alpha value is -2.73. The van der Waals surface area contributed by atoms with Gasteiger partial charge in [-0.25, -0.2) is 0 Å². The van der Waals surface area contributed by atoms with Crippen molar-refractivity contribution in [3.05, 3.63) is 52.6 Å². The lowest BCUT2D eigenvalue weighted by atomic mass is 9.81. The van der Waals surface area contributed by atoms with Gasteiger partial charge < -0.3 is 26.0 Å². The second-order valence-corrected chi connectivity index (χ2v) is 8.61. The first-order valence-electron chi connectivity index (χ1n) is 10.4. The Kier molecular flexibility index (Phi) is 4.21. The zero-order valence-electron chi connectivity index (χ0n) is 17.0. The van der Waals surface area contributed by atoms with Gasteiger partial charge >= 0.3 is 0 Å². The van der Waals surface area contributed by atoms with E-state index in [1.54, 1.807) is 0 Å². The number of benzene rings is 2. The van der Waals surface area contributed by atoms with Crippen LogP contribution in [0.5, 0.6) is 0 Å². The second-order valence-electron chi connectivity index (χ2n) is 8.61. The van der Waals surface area contributed by atoms with Crippen LogP contribution in [-0.2, 0) is 19.3 Å². The first-order valence-corrected chi connectivity index (χ1v) is 10.4. The molecule has 2 aliphatic heterocycles. The van der Waals surface area contributed by atoms with E-state index < -0.39 is 0 Å². The summed E-state index contributed by atoms with van der Waals surface area (Å²) in [6, 6.07) is 10.7. The highest BCUT2D eigenvalue weighted by Gasteiger charge is 2.42. The predicted molar refractivity (Wildman–Crippen MR) is 116 cm³/mol. The van der Waals surface area contributed by atoms with Crippen LogP contribution in [0.15, 0.2) is 30.3 Å². The summed E-state index contributed by atoms with van der Waals surface area (Å²) in [4.78, 5) is 15.0. The molecule has 1 aliphatic carbocycles. The maximum Gasteiger partial charge on any atom is 0.251 e. The number of aliphatic hydroxyl groups excluding tert-OH is 1. The van der Waals surface area contributed by atoms with Crippen molar-refractivity contribution in [3.8, 4) is 0 Å². The summed E-state index contributed by atoms with van der Waals surface area (Å²) in [5.41, 5.74) is 7.88. The lowest BCUT2D eigenvalue weighted by molar-refractivity contribution is 0.0943. The summed E-state index contributed by atoms with van der Waals surface area (Å²) in [7, 11) is 2.05. The minimum atomic E-state index is -0.112. The average molecular weight is 393 g/mol. The van der Waals surface area contributed by atoms with E-state index in [0.29, 0.717) is 5.56 Å². The van der Waals surface area contributed by atoms with Gasteiger partial charge in [0.25, 0.3) is 5.91 Å². The third kappa shape index (κ3) is 2.85. The van der Waals surface area contributed by atoms with E-state index >= 15 is 0 Å². The number of carbonyl (C=O) groups is 1. The third-order valence-electron chi connectivity index (χ3n) is 6.79. The molecule has 0 saturated heterocycles. The smallest absolute Gasteiger partial charge is 0.251 e. The minimum Gasteiger partial charge on any atom is -0.395 e. The van der Waals surface area contributed by atoms with Gasteiger partial charge in [-0.1, -0.05) is 24.3 Å². The first kappa shape index (κ1) is 18.3. The third-order valence-corrected chi connectivity index (χ3v) is 6.79. The fourth-order valence-electron chi connectivity index (χ4n) is 5.16. The normalized spacial score (nSPS) is 20.5. The van der Waals surface area contributed by atoms with Crippen LogP contribution in [0.1, 0.15) is 40.4 Å². The molecule has 2 aromatic rings. The van der Waals surface area contributed by atoms with E-state index in [9.17, 15) is 4.79 Å². The second kappa shape index (κ2) is 6.66. The van der Waals surface area contributed by atoms with Gasteiger partial charge in [-0.2, -0.15) is 0 Å². The standard InChI is InChI=1S/C23H28N4O2/c1-14-25-21-19(27(14)2)11-18(22(29)24-9-10-28)17-7-8-23(26-20(17)21)12-15-5-3-4-6-16(15)13-23/h3-6,11,14,25-26,28H,7-10,12-13H2,1-2H3,(H,24,29). The van der Waals surface area contributed by atoms with Crippen molar-refractivity contribution in [3.63, 3.8) is 0 Å². The largest absolute Gasteiger partial charge is 0.395 e. The fourth-order valence-corrected chi connectivity index (χ4v) is 5.16. The predicted octanol–water partition coefficient (Wildman–Crippen LogP) is 2.51. The van der Waals surface area contributed by atoms with Gasteiger partial charge in [0.15, 0.2) is 0 Å². The summed E-state index contributed by atoms with van der Waals surface area (Å²) in [6.45, 7) is 2.33. The first-order chi connectivity index (χ1) is 14.0. The van der Waals surface area contributed by atoms with Crippen LogP contribution in [0.3, 0.4) is 0 Å². The highest BCUT2D eigenvalue weighted by molar-refractivity contribution is 6.03. The molecule has 2 aromatic carbocycles. The molecule has 6 nitrogen and oxygen atoms in total. The van der Waals surface area contributed by atoms with Gasteiger partial charge in [-0.15, -0.1) is 0 Å². The molecule has 6 heteroatoms. The van der Waals surface area contributed by atoms with Crippen molar-refractivity contribution in [2.75, 3.05) is 35.7 Å². The van der Waals surface area contributed by atoms with Crippen LogP contribution < -0.4 is 20.9 Å². The van der Waals surface area contributed by atoms with Gasteiger partial charge in [0.2, 0.25) is 0 Å². The Morgan fingerprint density at radius 2 is 2.00 bits per heavy atom. The monoisotopic (exact) mass is 392 g/mol. The number of hydrogen-bond donors (Lipinski definition) is 4. The van der Waals surface area contributed by atoms with Crippen LogP contribution in [0.4, 0.5) is 17.1 Å². The molecule has 29 heavy (non-hydrogen) atoms. The number of anilines is 3. The Bertz CT molecular complexity index is 962. The number of carbonyl (C=O) groups excluding carboxylic acids is 1. The molecule has 1 amide bonds. The number of aliphatic hydroxyl groups is 1. The molecule has 1 spiro atoms. The maximum atomic E-state index is 12.9. The zero-order valence-corrected chi connectivity index (χ0v) is 17.0. The number of amides is 1. The summed E-state index contributed by atoms with van der Waals surface area (Å²) < 4.78 is 0. The number of nitrogens with one attached hydrogen (secondary N) is 3. The highest BCUT2D eigenvalue weighted by atomic mass is 16.3. The molecule has 4 N–H and O–H groups in total. The van der Waals surface area contributed by atoms with E-state index in [1.165, 1.54) is 11.1 Å². The molecule has 5 rings (SSSR count). The van der Waals surface area contributed by atoms with E-state index in [4.69, 9.17) is 5.11 Å². The summed E-state index contributed by atoms with van der Waals surface area (Å²) >= 11 is 0. The molecule has 3 aliphatic rings. The molecule has 1 atom stereocenters. The number of fused-ring (bicyclic) bond motifs is 4. The molecule has 1 unspecified atom stereocenters. The highest BCUT2D eigenvalue weighted by Crippen LogP contribution is 2.49. The summed E-state index contributed by atoms with van der Waals surface area (Å²) in [5, 5.41) is 19.4. The van der Waals surface area contributed by atoms with Gasteiger partial charge in [0, 0.05) is 24.7 Å². The molecule has 2 heterocycles. The summed E-state index contributed by atoms with van der Waals surface area (Å²) in [6.07, 6.45) is 4.07. The van der Waals surface area contributed by atoms with Gasteiger partial charge in [0.1, 0.15) is 0 Å². The SMILES string of the molecule is CC1Nc2c(cc(C(=O)NCCO)c3c2NC2(CC3)Cc3ccccc3C2)N1C. The van der Waals surface area contributed by atoms with Gasteiger partial charge in [-0.05, 0) is 55.4 Å². The number of rotatable bonds is 3. The van der Waals surface area contributed by atoms with E-state index in [1.807, 2.05) is 6.07 Å². The topological polar surface area (TPSA) is 76.6 Å². The van der Waals surface area contributed by atoms with Crippen LogP contribution in [-0.4, -0.2) is 42.9 Å². The van der Waals surface area contributed by atoms with Crippen LogP contribution in [0, 0.1) is 0 Å². The minimum absolute atomic E-state index is 0.0106. The van der Waals surface area contributed by atoms with Crippen molar-refractivity contribution < 1.29 is 9.90 Å². The molecular weight excluding hydrogens is 364 g/mol. The molecule has 0 saturated carbocycles. The van der Waals surface area contributed by atoms with Crippen LogP contribution >= 0.6 is 0 Å². The summed E-state index contributed by atoms with van der Waals surface area (Å²) in [5.74, 6) is -0.112. The molecule has 152 valence electrons. The average Bonchev–Trinajstić information content (AvgIpc) is 3.22. The Morgan fingerprint density at radius 1 is 1.28 bits per heavy atom. The van der Waals surface area contributed by atoms with Crippen molar-refractivity contribution >= 4 is 23.0 Å². The van der Waals surface area contributed by atoms with Crippen LogP contribution in [0.2, 0.25) is 0 Å². The molecule has 0 fully saturated rings. The molecule has 0 aromatic heterocycles. The van der Waals surface area contributed by atoms with Crippen LogP contribution in [0.25, 0.3) is 0 Å². The molecule has 0 bridgehead atoms. The Labute approximate surface area is 171 Å². The number of nitrogens with zero attached hydrogens (tertiary/aromatic N) is 1. The quantitative estimate of drug-likeness (QED) is 0.646. The van der Waals surface area contributed by atoms with E-state index in [0.717, 1.165) is 48.3 Å². The Balaban J connectivity index is 1.57. The van der Waals surface area contributed by atoms with Crippen molar-refractivity contribution in [1.82, 2.24) is 5.32 Å². The maximum absolute atomic E-state index is 12.9. The van der Waals surface area contributed by atoms with Gasteiger partial charge in [-0.3, -0.25) is 4.79 Å². The lowest BCUT2D eigenvalue weighted by Crippen LogP contribution is -2.43. The van der Waals surface area contributed by atoms with E-state index in [-0.39, 0.29) is 30.8 Å². The van der Waals surface area contributed by atoms with Gasteiger partial charge in [0.05, 0.1) is 29.8 Å². The van der Waals surface area contributed by atoms with E-state index in [2.05, 4.69) is 59.1 Å². The van der Waals surface area contributed by atoms with Crippen molar-refractivity contribution in [2.45, 2.75) is 44.3 Å². The molecule has 0 radical (unpaired) electrons. The fraction of sp³-hybridized carbons (Fsp3) is 0.435. The number of hydrogen-bond acceptors (Lipinski definition) is 5. The van der Waals surface area contributed by atoms with Crippen molar-refractivity contribution in [1.29, 1.82) is 0 Å². The molecular formula is C23H28N4O2. The Morgan fingerprint density at radius 3 is 2.69 bits per heavy atom. The zero-order chi connectivity index (χ0) is 20.2. The lowest BCUT2D eigenvalue weighted by Gasteiger charge is -2.38.